The molecular weight excluding hydrogens is 326 g/mol. The largest absolute Gasteiger partial charge is 0.462 e. The molecule has 1 aromatic carbocycles. The van der Waals surface area contributed by atoms with Crippen LogP contribution < -0.4 is 5.32 Å². The fourth-order valence-electron chi connectivity index (χ4n) is 2.32. The molecule has 0 radical (unpaired) electrons. The number of anilines is 1. The summed E-state index contributed by atoms with van der Waals surface area (Å²) >= 11 is 6.06. The molecule has 0 unspecified atom stereocenters. The van der Waals surface area contributed by atoms with Gasteiger partial charge in [0.15, 0.2) is 0 Å². The van der Waals surface area contributed by atoms with Gasteiger partial charge in [-0.05, 0) is 37.5 Å². The molecule has 24 heavy (non-hydrogen) atoms. The number of benzene rings is 1. The SMILES string of the molecule is CC.CCOC(=O)c1cnc(NC2(c3cccc(Cl)c3)CC2)nc1. The average molecular weight is 348 g/mol. The first-order chi connectivity index (χ1) is 11.6. The quantitative estimate of drug-likeness (QED) is 0.810. The summed E-state index contributed by atoms with van der Waals surface area (Å²) in [5.74, 6) is 0.0792. The van der Waals surface area contributed by atoms with Gasteiger partial charge in [-0.25, -0.2) is 14.8 Å². The molecule has 0 aliphatic heterocycles. The molecule has 0 amide bonds. The van der Waals surface area contributed by atoms with Crippen LogP contribution in [0.25, 0.3) is 0 Å². The number of nitrogens with one attached hydrogen (secondary N) is 1. The van der Waals surface area contributed by atoms with E-state index in [4.69, 9.17) is 16.3 Å². The van der Waals surface area contributed by atoms with Gasteiger partial charge in [0.2, 0.25) is 5.95 Å². The van der Waals surface area contributed by atoms with E-state index in [2.05, 4.69) is 15.3 Å². The first kappa shape index (κ1) is 18.2. The zero-order valence-corrected chi connectivity index (χ0v) is 14.9. The van der Waals surface area contributed by atoms with Gasteiger partial charge < -0.3 is 10.1 Å². The summed E-state index contributed by atoms with van der Waals surface area (Å²) in [4.78, 5) is 20.0. The minimum absolute atomic E-state index is 0.156. The van der Waals surface area contributed by atoms with E-state index in [1.807, 2.05) is 38.1 Å². The molecule has 1 saturated carbocycles. The Balaban J connectivity index is 0.00000100. The van der Waals surface area contributed by atoms with Crippen LogP contribution >= 0.6 is 11.6 Å². The van der Waals surface area contributed by atoms with Crippen molar-refractivity contribution >= 4 is 23.5 Å². The highest BCUT2D eigenvalue weighted by molar-refractivity contribution is 6.30. The van der Waals surface area contributed by atoms with Gasteiger partial charge in [-0.15, -0.1) is 0 Å². The molecule has 0 spiro atoms. The summed E-state index contributed by atoms with van der Waals surface area (Å²) < 4.78 is 4.91. The van der Waals surface area contributed by atoms with Crippen molar-refractivity contribution in [2.45, 2.75) is 39.2 Å². The monoisotopic (exact) mass is 347 g/mol. The van der Waals surface area contributed by atoms with Crippen molar-refractivity contribution in [3.05, 3.63) is 52.8 Å². The van der Waals surface area contributed by atoms with Crippen LogP contribution in [0.3, 0.4) is 0 Å². The molecular formula is C18H22ClN3O2. The van der Waals surface area contributed by atoms with E-state index in [0.29, 0.717) is 23.1 Å². The van der Waals surface area contributed by atoms with Gasteiger partial charge in [-0.1, -0.05) is 37.6 Å². The van der Waals surface area contributed by atoms with Gasteiger partial charge in [0.25, 0.3) is 0 Å². The van der Waals surface area contributed by atoms with Crippen LogP contribution in [-0.2, 0) is 10.3 Å². The van der Waals surface area contributed by atoms with E-state index in [9.17, 15) is 4.79 Å². The fourth-order valence-corrected chi connectivity index (χ4v) is 2.51. The molecule has 1 aliphatic rings. The van der Waals surface area contributed by atoms with Crippen LogP contribution in [0.15, 0.2) is 36.7 Å². The number of nitrogens with zero attached hydrogens (tertiary/aromatic N) is 2. The molecule has 2 aromatic rings. The number of ether oxygens (including phenoxy) is 1. The molecule has 1 aromatic heterocycles. The summed E-state index contributed by atoms with van der Waals surface area (Å²) in [5.41, 5.74) is 1.31. The lowest BCUT2D eigenvalue weighted by molar-refractivity contribution is 0.0525. The molecule has 1 aliphatic carbocycles. The third-order valence-corrected chi connectivity index (χ3v) is 3.88. The zero-order chi connectivity index (χ0) is 17.6. The highest BCUT2D eigenvalue weighted by atomic mass is 35.5. The summed E-state index contributed by atoms with van der Waals surface area (Å²) in [7, 11) is 0. The lowest BCUT2D eigenvalue weighted by Crippen LogP contribution is -2.20. The highest BCUT2D eigenvalue weighted by Gasteiger charge is 2.45. The molecule has 1 heterocycles. The van der Waals surface area contributed by atoms with E-state index in [1.54, 1.807) is 6.92 Å². The second kappa shape index (κ2) is 8.11. The van der Waals surface area contributed by atoms with Crippen molar-refractivity contribution in [2.24, 2.45) is 0 Å². The van der Waals surface area contributed by atoms with Crippen LogP contribution in [0.4, 0.5) is 5.95 Å². The van der Waals surface area contributed by atoms with Crippen LogP contribution in [0, 0.1) is 0 Å². The van der Waals surface area contributed by atoms with Crippen LogP contribution in [0.2, 0.25) is 5.02 Å². The molecule has 0 atom stereocenters. The molecule has 0 saturated heterocycles. The van der Waals surface area contributed by atoms with Crippen molar-refractivity contribution in [1.29, 1.82) is 0 Å². The summed E-state index contributed by atoms with van der Waals surface area (Å²) in [6.45, 7) is 6.09. The third-order valence-electron chi connectivity index (χ3n) is 3.64. The van der Waals surface area contributed by atoms with Crippen molar-refractivity contribution in [3.63, 3.8) is 0 Å². The number of carbonyl (C=O) groups excluding carboxylic acids is 1. The van der Waals surface area contributed by atoms with Gasteiger partial charge in [0.1, 0.15) is 0 Å². The Morgan fingerprint density at radius 1 is 1.29 bits per heavy atom. The molecule has 3 rings (SSSR count). The fraction of sp³-hybridized carbons (Fsp3) is 0.389. The summed E-state index contributed by atoms with van der Waals surface area (Å²) in [5, 5.41) is 4.05. The molecule has 0 bridgehead atoms. The van der Waals surface area contributed by atoms with E-state index in [-0.39, 0.29) is 5.54 Å². The van der Waals surface area contributed by atoms with Crippen molar-refractivity contribution in [1.82, 2.24) is 9.97 Å². The number of esters is 1. The Kier molecular flexibility index (Phi) is 6.15. The predicted molar refractivity (Wildman–Crippen MR) is 95.3 cm³/mol. The highest BCUT2D eigenvalue weighted by Crippen LogP contribution is 2.48. The van der Waals surface area contributed by atoms with E-state index < -0.39 is 5.97 Å². The zero-order valence-electron chi connectivity index (χ0n) is 14.2. The molecule has 1 fully saturated rings. The summed E-state index contributed by atoms with van der Waals surface area (Å²) in [6.07, 6.45) is 4.94. The second-order valence-electron chi connectivity index (χ2n) is 5.23. The van der Waals surface area contributed by atoms with E-state index in [0.717, 1.165) is 18.4 Å². The standard InChI is InChI=1S/C16H16ClN3O2.C2H6/c1-2-22-14(21)11-9-18-15(19-10-11)20-16(6-7-16)12-4-3-5-13(17)8-12;1-2/h3-5,8-10H,2,6-7H2,1H3,(H,18,19,20);1-2H3. The minimum atomic E-state index is -0.412. The Morgan fingerprint density at radius 3 is 2.50 bits per heavy atom. The summed E-state index contributed by atoms with van der Waals surface area (Å²) in [6, 6.07) is 7.78. The maximum Gasteiger partial charge on any atom is 0.341 e. The number of rotatable bonds is 5. The van der Waals surface area contributed by atoms with Gasteiger partial charge in [-0.2, -0.15) is 0 Å². The average Bonchev–Trinajstić information content (AvgIpc) is 3.38. The van der Waals surface area contributed by atoms with Gasteiger partial charge in [0.05, 0.1) is 17.7 Å². The first-order valence-electron chi connectivity index (χ1n) is 8.16. The lowest BCUT2D eigenvalue weighted by atomic mass is 10.1. The number of hydrogen-bond donors (Lipinski definition) is 1. The number of halogens is 1. The van der Waals surface area contributed by atoms with Gasteiger partial charge in [0, 0.05) is 17.4 Å². The molecule has 1 N–H and O–H groups in total. The third kappa shape index (κ3) is 4.23. The maximum absolute atomic E-state index is 11.6. The Bertz CT molecular complexity index is 685. The normalized spacial score (nSPS) is 14.2. The van der Waals surface area contributed by atoms with E-state index in [1.165, 1.54) is 12.4 Å². The Morgan fingerprint density at radius 2 is 1.96 bits per heavy atom. The molecule has 128 valence electrons. The number of carbonyl (C=O) groups is 1. The predicted octanol–water partition coefficient (Wildman–Crippen LogP) is 4.43. The van der Waals surface area contributed by atoms with Crippen molar-refractivity contribution in [2.75, 3.05) is 11.9 Å². The van der Waals surface area contributed by atoms with Gasteiger partial charge >= 0.3 is 5.97 Å². The van der Waals surface area contributed by atoms with E-state index >= 15 is 0 Å². The van der Waals surface area contributed by atoms with Crippen LogP contribution in [-0.4, -0.2) is 22.5 Å². The van der Waals surface area contributed by atoms with Crippen molar-refractivity contribution in [3.8, 4) is 0 Å². The molecule has 5 nitrogen and oxygen atoms in total. The van der Waals surface area contributed by atoms with Crippen molar-refractivity contribution < 1.29 is 9.53 Å². The maximum atomic E-state index is 11.6. The van der Waals surface area contributed by atoms with Crippen LogP contribution in [0.5, 0.6) is 0 Å². The second-order valence-corrected chi connectivity index (χ2v) is 5.67. The molecule has 6 heteroatoms. The smallest absolute Gasteiger partial charge is 0.341 e. The number of aromatic nitrogens is 2. The van der Waals surface area contributed by atoms with Gasteiger partial charge in [-0.3, -0.25) is 0 Å². The first-order valence-corrected chi connectivity index (χ1v) is 8.54. The topological polar surface area (TPSA) is 64.1 Å². The Labute approximate surface area is 147 Å². The van der Waals surface area contributed by atoms with Crippen LogP contribution in [0.1, 0.15) is 49.5 Å². The lowest BCUT2D eigenvalue weighted by Gasteiger charge is -2.18. The Hall–Kier alpha value is -2.14. The number of hydrogen-bond acceptors (Lipinski definition) is 5. The minimum Gasteiger partial charge on any atom is -0.462 e.